The van der Waals surface area contributed by atoms with E-state index in [0.717, 1.165) is 11.8 Å². The third kappa shape index (κ3) is 1.70. The van der Waals surface area contributed by atoms with Gasteiger partial charge in [-0.2, -0.15) is 0 Å². The number of aldehydes is 1. The Balaban J connectivity index is 1.82. The first kappa shape index (κ1) is 8.28. The maximum atomic E-state index is 10.5. The molecule has 68 valence electrons. The number of hydrogen-bond acceptors (Lipinski definition) is 1. The van der Waals surface area contributed by atoms with Gasteiger partial charge in [0, 0.05) is 5.92 Å². The van der Waals surface area contributed by atoms with E-state index in [1.807, 2.05) is 0 Å². The summed E-state index contributed by atoms with van der Waals surface area (Å²) in [6.45, 7) is 0. The van der Waals surface area contributed by atoms with Crippen LogP contribution in [0.4, 0.5) is 0 Å². The van der Waals surface area contributed by atoms with Crippen LogP contribution in [0.25, 0.3) is 0 Å². The fourth-order valence-corrected chi connectivity index (χ4v) is 2.67. The highest BCUT2D eigenvalue weighted by Crippen LogP contribution is 2.47. The van der Waals surface area contributed by atoms with Crippen LogP contribution >= 0.6 is 0 Å². The average molecular weight is 166 g/mol. The Bertz CT molecular complexity index is 156. The van der Waals surface area contributed by atoms with Crippen molar-refractivity contribution < 1.29 is 4.79 Å². The van der Waals surface area contributed by atoms with Crippen molar-refractivity contribution >= 4 is 6.29 Å². The fourth-order valence-electron chi connectivity index (χ4n) is 2.67. The maximum Gasteiger partial charge on any atom is 0.123 e. The molecule has 1 heteroatoms. The molecular formula is C11H18O. The molecule has 0 unspecified atom stereocenters. The zero-order valence-corrected chi connectivity index (χ0v) is 7.67. The zero-order chi connectivity index (χ0) is 8.39. The highest BCUT2D eigenvalue weighted by molar-refractivity contribution is 5.58. The van der Waals surface area contributed by atoms with E-state index in [9.17, 15) is 4.79 Å². The van der Waals surface area contributed by atoms with E-state index in [1.165, 1.54) is 51.2 Å². The smallest absolute Gasteiger partial charge is 0.123 e. The van der Waals surface area contributed by atoms with Gasteiger partial charge in [-0.3, -0.25) is 0 Å². The normalized spacial score (nSPS) is 37.3. The molecule has 2 rings (SSSR count). The topological polar surface area (TPSA) is 17.1 Å². The first-order valence-corrected chi connectivity index (χ1v) is 5.37. The Morgan fingerprint density at radius 3 is 2.17 bits per heavy atom. The molecule has 1 nitrogen and oxygen atoms in total. The molecule has 2 aliphatic carbocycles. The first-order valence-electron chi connectivity index (χ1n) is 5.37. The van der Waals surface area contributed by atoms with Crippen molar-refractivity contribution in [1.82, 2.24) is 0 Å². The van der Waals surface area contributed by atoms with Gasteiger partial charge >= 0.3 is 0 Å². The minimum absolute atomic E-state index is 0.452. The van der Waals surface area contributed by atoms with Gasteiger partial charge in [-0.05, 0) is 18.3 Å². The summed E-state index contributed by atoms with van der Waals surface area (Å²) in [6, 6.07) is 0. The molecule has 12 heavy (non-hydrogen) atoms. The number of rotatable bonds is 2. The van der Waals surface area contributed by atoms with E-state index >= 15 is 0 Å². The SMILES string of the molecule is O=C[C@@H]1C[C@H]1C1CCCCCC1. The van der Waals surface area contributed by atoms with Gasteiger partial charge in [0.2, 0.25) is 0 Å². The van der Waals surface area contributed by atoms with Crippen LogP contribution in [0.5, 0.6) is 0 Å². The predicted octanol–water partition coefficient (Wildman–Crippen LogP) is 2.79. The summed E-state index contributed by atoms with van der Waals surface area (Å²) in [6.07, 6.45) is 10.8. The van der Waals surface area contributed by atoms with Crippen molar-refractivity contribution in [3.05, 3.63) is 0 Å². The van der Waals surface area contributed by atoms with Gasteiger partial charge in [-0.25, -0.2) is 0 Å². The molecule has 0 aromatic rings. The summed E-state index contributed by atoms with van der Waals surface area (Å²) in [4.78, 5) is 10.5. The van der Waals surface area contributed by atoms with Crippen LogP contribution < -0.4 is 0 Å². The van der Waals surface area contributed by atoms with Gasteiger partial charge in [0.1, 0.15) is 6.29 Å². The number of carbonyl (C=O) groups is 1. The second-order valence-corrected chi connectivity index (χ2v) is 4.45. The lowest BCUT2D eigenvalue weighted by atomic mass is 9.94. The van der Waals surface area contributed by atoms with Crippen LogP contribution in [0.2, 0.25) is 0 Å². The van der Waals surface area contributed by atoms with E-state index in [-0.39, 0.29) is 0 Å². The molecule has 2 saturated carbocycles. The average Bonchev–Trinajstić information content (AvgIpc) is 2.89. The molecule has 0 heterocycles. The number of carbonyl (C=O) groups excluding carboxylic acids is 1. The van der Waals surface area contributed by atoms with Crippen molar-refractivity contribution in [2.75, 3.05) is 0 Å². The molecule has 2 fully saturated rings. The Kier molecular flexibility index (Phi) is 2.48. The molecule has 0 radical (unpaired) electrons. The lowest BCUT2D eigenvalue weighted by Crippen LogP contribution is -2.03. The van der Waals surface area contributed by atoms with Crippen molar-refractivity contribution in [2.45, 2.75) is 44.9 Å². The molecule has 0 N–H and O–H groups in total. The third-order valence-corrected chi connectivity index (χ3v) is 3.57. The van der Waals surface area contributed by atoms with Crippen molar-refractivity contribution in [2.24, 2.45) is 17.8 Å². The van der Waals surface area contributed by atoms with Gasteiger partial charge in [-0.1, -0.05) is 38.5 Å². The van der Waals surface area contributed by atoms with Crippen molar-refractivity contribution in [3.63, 3.8) is 0 Å². The molecular weight excluding hydrogens is 148 g/mol. The van der Waals surface area contributed by atoms with Crippen LogP contribution in [-0.2, 0) is 4.79 Å². The zero-order valence-electron chi connectivity index (χ0n) is 7.67. The molecule has 0 aromatic heterocycles. The van der Waals surface area contributed by atoms with Gasteiger partial charge in [-0.15, -0.1) is 0 Å². The van der Waals surface area contributed by atoms with Crippen LogP contribution in [0.1, 0.15) is 44.9 Å². The summed E-state index contributed by atoms with van der Waals surface area (Å²) >= 11 is 0. The second-order valence-electron chi connectivity index (χ2n) is 4.45. The molecule has 0 aliphatic heterocycles. The summed E-state index contributed by atoms with van der Waals surface area (Å²) in [5.74, 6) is 2.15. The van der Waals surface area contributed by atoms with Crippen LogP contribution in [-0.4, -0.2) is 6.29 Å². The summed E-state index contributed by atoms with van der Waals surface area (Å²) in [7, 11) is 0. The molecule has 2 aliphatic rings. The predicted molar refractivity (Wildman–Crippen MR) is 48.9 cm³/mol. The largest absolute Gasteiger partial charge is 0.303 e. The fraction of sp³-hybridized carbons (Fsp3) is 0.909. The highest BCUT2D eigenvalue weighted by Gasteiger charge is 2.42. The van der Waals surface area contributed by atoms with Gasteiger partial charge in [0.25, 0.3) is 0 Å². The van der Waals surface area contributed by atoms with Crippen LogP contribution in [0.15, 0.2) is 0 Å². The van der Waals surface area contributed by atoms with E-state index in [2.05, 4.69) is 0 Å². The van der Waals surface area contributed by atoms with Gasteiger partial charge < -0.3 is 4.79 Å². The van der Waals surface area contributed by atoms with Gasteiger partial charge in [0.15, 0.2) is 0 Å². The molecule has 0 saturated heterocycles. The minimum atomic E-state index is 0.452. The van der Waals surface area contributed by atoms with Gasteiger partial charge in [0.05, 0.1) is 0 Å². The quantitative estimate of drug-likeness (QED) is 0.455. The molecule has 0 spiro atoms. The third-order valence-electron chi connectivity index (χ3n) is 3.57. The molecule has 0 bridgehead atoms. The second kappa shape index (κ2) is 3.59. The summed E-state index contributed by atoms with van der Waals surface area (Å²) < 4.78 is 0. The van der Waals surface area contributed by atoms with Crippen molar-refractivity contribution in [3.8, 4) is 0 Å². The Hall–Kier alpha value is -0.330. The summed E-state index contributed by atoms with van der Waals surface area (Å²) in [5.41, 5.74) is 0. The van der Waals surface area contributed by atoms with E-state index in [4.69, 9.17) is 0 Å². The molecule has 0 aromatic carbocycles. The highest BCUT2D eigenvalue weighted by atomic mass is 16.1. The van der Waals surface area contributed by atoms with Crippen molar-refractivity contribution in [1.29, 1.82) is 0 Å². The molecule has 2 atom stereocenters. The Morgan fingerprint density at radius 1 is 1.00 bits per heavy atom. The van der Waals surface area contributed by atoms with E-state index in [1.54, 1.807) is 0 Å². The lowest BCUT2D eigenvalue weighted by Gasteiger charge is -2.11. The lowest BCUT2D eigenvalue weighted by molar-refractivity contribution is -0.109. The Morgan fingerprint density at radius 2 is 1.67 bits per heavy atom. The Labute approximate surface area is 74.5 Å². The first-order chi connectivity index (χ1) is 5.92. The van der Waals surface area contributed by atoms with E-state index < -0.39 is 0 Å². The minimum Gasteiger partial charge on any atom is -0.303 e. The monoisotopic (exact) mass is 166 g/mol. The molecule has 0 amide bonds. The maximum absolute atomic E-state index is 10.5. The standard InChI is InChI=1S/C11H18O/c12-8-10-7-11(10)9-5-3-1-2-4-6-9/h8-11H,1-7H2/t10-,11-/m0/s1. The number of hydrogen-bond donors (Lipinski definition) is 0. The summed E-state index contributed by atoms with van der Waals surface area (Å²) in [5, 5.41) is 0. The van der Waals surface area contributed by atoms with Crippen LogP contribution in [0.3, 0.4) is 0 Å². The van der Waals surface area contributed by atoms with Crippen LogP contribution in [0, 0.1) is 17.8 Å². The van der Waals surface area contributed by atoms with E-state index in [0.29, 0.717) is 5.92 Å².